The zero-order valence-corrected chi connectivity index (χ0v) is 14.1. The van der Waals surface area contributed by atoms with E-state index in [4.69, 9.17) is 0 Å². The zero-order chi connectivity index (χ0) is 17.3. The highest BCUT2D eigenvalue weighted by molar-refractivity contribution is 5.97. The van der Waals surface area contributed by atoms with Gasteiger partial charge in [-0.15, -0.1) is 10.2 Å². The van der Waals surface area contributed by atoms with Crippen molar-refractivity contribution < 1.29 is 9.59 Å². The predicted octanol–water partition coefficient (Wildman–Crippen LogP) is 1.06. The summed E-state index contributed by atoms with van der Waals surface area (Å²) in [7, 11) is 0. The van der Waals surface area contributed by atoms with Gasteiger partial charge in [0.25, 0.3) is 5.91 Å². The molecule has 1 aliphatic heterocycles. The standard InChI is InChI=1S/C17H21N5O2/c1-11-5-4-6-14(9-11)16(23)18-12(2)17(24)21-7-8-22-13(3)19-20-15(22)10-21/h4-6,9,12H,7-8,10H2,1-3H3,(H,18,23)/t12-/m0/s1. The van der Waals surface area contributed by atoms with Crippen LogP contribution in [0, 0.1) is 13.8 Å². The summed E-state index contributed by atoms with van der Waals surface area (Å²) in [5.74, 6) is 1.29. The van der Waals surface area contributed by atoms with Crippen LogP contribution in [0.25, 0.3) is 0 Å². The van der Waals surface area contributed by atoms with Gasteiger partial charge in [-0.05, 0) is 32.9 Å². The van der Waals surface area contributed by atoms with Crippen molar-refractivity contribution in [3.8, 4) is 0 Å². The van der Waals surface area contributed by atoms with E-state index in [1.54, 1.807) is 24.0 Å². The summed E-state index contributed by atoms with van der Waals surface area (Å²) < 4.78 is 2.01. The van der Waals surface area contributed by atoms with Crippen LogP contribution in [0.5, 0.6) is 0 Å². The molecule has 0 bridgehead atoms. The fourth-order valence-electron chi connectivity index (χ4n) is 2.89. The van der Waals surface area contributed by atoms with Gasteiger partial charge in [0.1, 0.15) is 11.9 Å². The summed E-state index contributed by atoms with van der Waals surface area (Å²) >= 11 is 0. The molecule has 1 aliphatic rings. The number of hydrogen-bond donors (Lipinski definition) is 1. The third kappa shape index (κ3) is 3.15. The largest absolute Gasteiger partial charge is 0.341 e. The lowest BCUT2D eigenvalue weighted by molar-refractivity contribution is -0.134. The van der Waals surface area contributed by atoms with E-state index in [0.717, 1.165) is 17.2 Å². The maximum Gasteiger partial charge on any atom is 0.251 e. The first kappa shape index (κ1) is 16.2. The second kappa shape index (κ2) is 6.43. The summed E-state index contributed by atoms with van der Waals surface area (Å²) in [6, 6.07) is 6.71. The van der Waals surface area contributed by atoms with Crippen LogP contribution >= 0.6 is 0 Å². The number of fused-ring (bicyclic) bond motifs is 1. The highest BCUT2D eigenvalue weighted by atomic mass is 16.2. The molecule has 1 N–H and O–H groups in total. The molecule has 1 atom stereocenters. The van der Waals surface area contributed by atoms with Gasteiger partial charge in [0.05, 0.1) is 6.54 Å². The van der Waals surface area contributed by atoms with E-state index in [9.17, 15) is 9.59 Å². The molecule has 0 radical (unpaired) electrons. The predicted molar refractivity (Wildman–Crippen MR) is 88.3 cm³/mol. The first-order valence-electron chi connectivity index (χ1n) is 8.00. The summed E-state index contributed by atoms with van der Waals surface area (Å²) in [5.41, 5.74) is 1.57. The van der Waals surface area contributed by atoms with Crippen molar-refractivity contribution in [3.63, 3.8) is 0 Å². The molecule has 7 heteroatoms. The summed E-state index contributed by atoms with van der Waals surface area (Å²) in [6.45, 7) is 7.23. The third-order valence-corrected chi connectivity index (χ3v) is 4.25. The zero-order valence-electron chi connectivity index (χ0n) is 14.1. The number of aromatic nitrogens is 3. The molecule has 126 valence electrons. The monoisotopic (exact) mass is 327 g/mol. The molecule has 0 spiro atoms. The lowest BCUT2D eigenvalue weighted by atomic mass is 10.1. The van der Waals surface area contributed by atoms with Crippen molar-refractivity contribution in [1.29, 1.82) is 0 Å². The van der Waals surface area contributed by atoms with E-state index in [0.29, 0.717) is 25.2 Å². The Morgan fingerprint density at radius 2 is 2.00 bits per heavy atom. The molecule has 1 aromatic carbocycles. The highest BCUT2D eigenvalue weighted by Gasteiger charge is 2.27. The molecule has 2 aromatic rings. The number of hydrogen-bond acceptors (Lipinski definition) is 4. The Bertz CT molecular complexity index is 783. The Balaban J connectivity index is 1.64. The van der Waals surface area contributed by atoms with Gasteiger partial charge in [0.2, 0.25) is 5.91 Å². The minimum absolute atomic E-state index is 0.108. The summed E-state index contributed by atoms with van der Waals surface area (Å²) in [6.07, 6.45) is 0. The molecule has 0 saturated carbocycles. The van der Waals surface area contributed by atoms with Crippen molar-refractivity contribution in [2.45, 2.75) is 39.9 Å². The number of nitrogens with zero attached hydrogens (tertiary/aromatic N) is 4. The minimum Gasteiger partial charge on any atom is -0.341 e. The van der Waals surface area contributed by atoms with Crippen LogP contribution in [0.4, 0.5) is 0 Å². The van der Waals surface area contributed by atoms with E-state index in [2.05, 4.69) is 15.5 Å². The smallest absolute Gasteiger partial charge is 0.251 e. The van der Waals surface area contributed by atoms with E-state index in [1.807, 2.05) is 30.5 Å². The van der Waals surface area contributed by atoms with Gasteiger partial charge in [-0.3, -0.25) is 9.59 Å². The molecule has 3 rings (SSSR count). The second-order valence-electron chi connectivity index (χ2n) is 6.14. The minimum atomic E-state index is -0.589. The van der Waals surface area contributed by atoms with Crippen LogP contribution in [0.15, 0.2) is 24.3 Å². The number of rotatable bonds is 3. The molecule has 2 amide bonds. The molecule has 0 saturated heterocycles. The summed E-state index contributed by atoms with van der Waals surface area (Å²) in [5, 5.41) is 10.9. The van der Waals surface area contributed by atoms with Crippen LogP contribution < -0.4 is 5.32 Å². The van der Waals surface area contributed by atoms with Crippen LogP contribution in [-0.4, -0.2) is 44.1 Å². The molecule has 2 heterocycles. The van der Waals surface area contributed by atoms with Crippen LogP contribution in [0.2, 0.25) is 0 Å². The topological polar surface area (TPSA) is 80.1 Å². The average Bonchev–Trinajstić information content (AvgIpc) is 2.94. The van der Waals surface area contributed by atoms with Crippen molar-refractivity contribution >= 4 is 11.8 Å². The first-order valence-corrected chi connectivity index (χ1v) is 8.00. The van der Waals surface area contributed by atoms with Gasteiger partial charge in [0, 0.05) is 18.7 Å². The fraction of sp³-hybridized carbons (Fsp3) is 0.412. The van der Waals surface area contributed by atoms with E-state index < -0.39 is 6.04 Å². The molecule has 0 unspecified atom stereocenters. The number of amides is 2. The fourth-order valence-corrected chi connectivity index (χ4v) is 2.89. The average molecular weight is 327 g/mol. The molecule has 0 fully saturated rings. The Morgan fingerprint density at radius 3 is 2.75 bits per heavy atom. The van der Waals surface area contributed by atoms with Crippen molar-refractivity contribution in [2.24, 2.45) is 0 Å². The second-order valence-corrected chi connectivity index (χ2v) is 6.14. The molecular weight excluding hydrogens is 306 g/mol. The Morgan fingerprint density at radius 1 is 1.21 bits per heavy atom. The Kier molecular flexibility index (Phi) is 4.33. The molecule has 0 aliphatic carbocycles. The Labute approximate surface area is 140 Å². The quantitative estimate of drug-likeness (QED) is 0.914. The molecular formula is C17H21N5O2. The number of aryl methyl sites for hydroxylation is 2. The molecule has 1 aromatic heterocycles. The summed E-state index contributed by atoms with van der Waals surface area (Å²) in [4.78, 5) is 26.6. The Hall–Kier alpha value is -2.70. The van der Waals surface area contributed by atoms with Crippen molar-refractivity contribution in [2.75, 3.05) is 6.54 Å². The van der Waals surface area contributed by atoms with Crippen molar-refractivity contribution in [1.82, 2.24) is 25.0 Å². The van der Waals surface area contributed by atoms with E-state index in [-0.39, 0.29) is 11.8 Å². The number of carbonyl (C=O) groups is 2. The van der Waals surface area contributed by atoms with Crippen LogP contribution in [0.3, 0.4) is 0 Å². The lowest BCUT2D eigenvalue weighted by Crippen LogP contribution is -2.49. The molecule has 24 heavy (non-hydrogen) atoms. The molecule has 7 nitrogen and oxygen atoms in total. The SMILES string of the molecule is Cc1cccc(C(=O)N[C@@H](C)C(=O)N2CCn3c(C)nnc3C2)c1. The van der Waals surface area contributed by atoms with E-state index in [1.165, 1.54) is 0 Å². The lowest BCUT2D eigenvalue weighted by Gasteiger charge is -2.30. The van der Waals surface area contributed by atoms with E-state index >= 15 is 0 Å². The van der Waals surface area contributed by atoms with Crippen LogP contribution in [-0.2, 0) is 17.9 Å². The van der Waals surface area contributed by atoms with Gasteiger partial charge in [-0.2, -0.15) is 0 Å². The maximum absolute atomic E-state index is 12.6. The third-order valence-electron chi connectivity index (χ3n) is 4.25. The number of benzene rings is 1. The van der Waals surface area contributed by atoms with Crippen LogP contribution in [0.1, 0.15) is 34.5 Å². The van der Waals surface area contributed by atoms with Gasteiger partial charge in [-0.25, -0.2) is 0 Å². The van der Waals surface area contributed by atoms with Gasteiger partial charge < -0.3 is 14.8 Å². The van der Waals surface area contributed by atoms with Gasteiger partial charge >= 0.3 is 0 Å². The van der Waals surface area contributed by atoms with Gasteiger partial charge in [-0.1, -0.05) is 17.7 Å². The number of nitrogens with one attached hydrogen (secondary N) is 1. The normalized spacial score (nSPS) is 14.9. The van der Waals surface area contributed by atoms with Gasteiger partial charge in [0.15, 0.2) is 5.82 Å². The number of carbonyl (C=O) groups excluding carboxylic acids is 2. The highest BCUT2D eigenvalue weighted by Crippen LogP contribution is 2.13. The first-order chi connectivity index (χ1) is 11.5. The van der Waals surface area contributed by atoms with Crippen molar-refractivity contribution in [3.05, 3.63) is 47.0 Å². The maximum atomic E-state index is 12.6.